The Hall–Kier alpha value is -4.65. The van der Waals surface area contributed by atoms with Crippen molar-refractivity contribution in [3.8, 4) is 5.75 Å². The Balaban J connectivity index is 1.91. The molecule has 1 aliphatic rings. The molecule has 3 rings (SSSR count). The number of nitrogens with one attached hydrogen (secondary N) is 2. The largest absolute Gasteiger partial charge is 0.507 e. The van der Waals surface area contributed by atoms with Gasteiger partial charge in [-0.1, -0.05) is 31.1 Å². The fourth-order valence-electron chi connectivity index (χ4n) is 4.36. The van der Waals surface area contributed by atoms with E-state index >= 15 is 0 Å². The van der Waals surface area contributed by atoms with Crippen molar-refractivity contribution in [2.45, 2.75) is 44.7 Å². The summed E-state index contributed by atoms with van der Waals surface area (Å²) >= 11 is 0. The molecule has 1 aromatic carbocycles. The van der Waals surface area contributed by atoms with E-state index in [0.717, 1.165) is 22.6 Å². The van der Waals surface area contributed by atoms with E-state index in [1.165, 1.54) is 18.2 Å². The number of aromatic carboxylic acids is 1. The molecule has 0 radical (unpaired) electrons. The Bertz CT molecular complexity index is 1320. The van der Waals surface area contributed by atoms with E-state index < -0.39 is 47.0 Å². The number of aliphatic carboxylic acids is 1. The Kier molecular flexibility index (Phi) is 9.09. The zero-order valence-corrected chi connectivity index (χ0v) is 21.4. The van der Waals surface area contributed by atoms with Crippen LogP contribution < -0.4 is 16.4 Å². The number of benzene rings is 1. The van der Waals surface area contributed by atoms with Crippen molar-refractivity contribution in [2.24, 2.45) is 11.5 Å². The average Bonchev–Trinajstić information content (AvgIpc) is 3.55. The number of nitrogens with zero attached hydrogens (tertiary/aromatic N) is 2. The zero-order chi connectivity index (χ0) is 28.9. The van der Waals surface area contributed by atoms with E-state index in [1.54, 1.807) is 4.90 Å². The number of phenols is 1. The number of carboxylic acid groups (broad SMARTS) is 2. The standard InChI is InChI=1S/C26H32N6O7/c1-2-3-4-21(34)32(22(25(38)39)15-5-6-16(24(36)37)19(33)12-15)20-8-7-18(30-20)23(35)17(27)11-14-9-10-31(13-14)26(28)29/h5-9,12,17,22,30,33H,2-4,10-11,13,27H2,1H3,(H3,28,29)(H,36,37)(H,38,39). The summed E-state index contributed by atoms with van der Waals surface area (Å²) in [4.78, 5) is 55.4. The highest BCUT2D eigenvalue weighted by atomic mass is 16.4. The monoisotopic (exact) mass is 540 g/mol. The normalized spacial score (nSPS) is 14.4. The van der Waals surface area contributed by atoms with Gasteiger partial charge in [-0.3, -0.25) is 19.9 Å². The number of guanidine groups is 1. The van der Waals surface area contributed by atoms with Crippen molar-refractivity contribution in [1.82, 2.24) is 9.88 Å². The van der Waals surface area contributed by atoms with Crippen LogP contribution in [0.25, 0.3) is 0 Å². The summed E-state index contributed by atoms with van der Waals surface area (Å²) < 4.78 is 0. The second-order valence-corrected chi connectivity index (χ2v) is 9.25. The highest BCUT2D eigenvalue weighted by Gasteiger charge is 2.34. The lowest BCUT2D eigenvalue weighted by Gasteiger charge is -2.28. The van der Waals surface area contributed by atoms with Crippen LogP contribution in [0.1, 0.15) is 65.1 Å². The van der Waals surface area contributed by atoms with Crippen molar-refractivity contribution in [3.63, 3.8) is 0 Å². The number of ketones is 1. The molecular formula is C26H32N6O7. The van der Waals surface area contributed by atoms with Gasteiger partial charge in [-0.2, -0.15) is 0 Å². The third-order valence-electron chi connectivity index (χ3n) is 6.42. The molecule has 0 saturated carbocycles. The number of aromatic amines is 1. The number of carbonyl (C=O) groups is 4. The lowest BCUT2D eigenvalue weighted by Crippen LogP contribution is -2.39. The number of hydrogen-bond donors (Lipinski definition) is 7. The highest BCUT2D eigenvalue weighted by Crippen LogP contribution is 2.32. The van der Waals surface area contributed by atoms with Gasteiger partial charge in [0.25, 0.3) is 0 Å². The molecule has 13 nitrogen and oxygen atoms in total. The Morgan fingerprint density at radius 1 is 1.18 bits per heavy atom. The topological polar surface area (TPSA) is 227 Å². The zero-order valence-electron chi connectivity index (χ0n) is 21.4. The summed E-state index contributed by atoms with van der Waals surface area (Å²) in [6, 6.07) is 3.52. The van der Waals surface area contributed by atoms with E-state index in [4.69, 9.17) is 16.9 Å². The first-order chi connectivity index (χ1) is 18.4. The number of carboxylic acids is 2. The molecule has 0 spiro atoms. The Morgan fingerprint density at radius 2 is 1.90 bits per heavy atom. The third kappa shape index (κ3) is 6.62. The number of aromatic nitrogens is 1. The summed E-state index contributed by atoms with van der Waals surface area (Å²) in [5, 5.41) is 37.0. The molecular weight excluding hydrogens is 508 g/mol. The van der Waals surface area contributed by atoms with Gasteiger partial charge in [0.05, 0.1) is 11.7 Å². The second kappa shape index (κ2) is 12.3. The lowest BCUT2D eigenvalue weighted by molar-refractivity contribution is -0.140. The predicted octanol–water partition coefficient (Wildman–Crippen LogP) is 1.80. The third-order valence-corrected chi connectivity index (χ3v) is 6.42. The van der Waals surface area contributed by atoms with Gasteiger partial charge >= 0.3 is 11.9 Å². The number of nitrogens with two attached hydrogens (primary N) is 2. The molecule has 0 bridgehead atoms. The van der Waals surface area contributed by atoms with Crippen LogP contribution in [0.4, 0.5) is 5.82 Å². The van der Waals surface area contributed by atoms with E-state index in [1.807, 2.05) is 13.0 Å². The van der Waals surface area contributed by atoms with Crippen molar-refractivity contribution >= 4 is 35.4 Å². The number of rotatable bonds is 12. The van der Waals surface area contributed by atoms with Crippen molar-refractivity contribution in [1.29, 1.82) is 5.41 Å². The van der Waals surface area contributed by atoms with E-state index in [2.05, 4.69) is 4.98 Å². The predicted molar refractivity (Wildman–Crippen MR) is 142 cm³/mol. The summed E-state index contributed by atoms with van der Waals surface area (Å²) in [7, 11) is 0. The Labute approximate surface area is 224 Å². The first kappa shape index (κ1) is 28.9. The van der Waals surface area contributed by atoms with Crippen molar-refractivity contribution < 1.29 is 34.5 Å². The van der Waals surface area contributed by atoms with Gasteiger partial charge in [0.15, 0.2) is 17.8 Å². The number of hydrogen-bond acceptors (Lipinski definition) is 7. The summed E-state index contributed by atoms with van der Waals surface area (Å²) in [5.41, 5.74) is 12.1. The number of amides is 1. The number of unbranched alkanes of at least 4 members (excludes halogenated alkanes) is 1. The van der Waals surface area contributed by atoms with Gasteiger partial charge in [-0.15, -0.1) is 0 Å². The van der Waals surface area contributed by atoms with Crippen LogP contribution in [0.2, 0.25) is 0 Å². The first-order valence-electron chi connectivity index (χ1n) is 12.3. The average molecular weight is 541 g/mol. The fourth-order valence-corrected chi connectivity index (χ4v) is 4.36. The van der Waals surface area contributed by atoms with Crippen LogP contribution in [-0.4, -0.2) is 73.9 Å². The molecule has 0 fully saturated rings. The van der Waals surface area contributed by atoms with Crippen LogP contribution >= 0.6 is 0 Å². The van der Waals surface area contributed by atoms with Gasteiger partial charge in [-0.05, 0) is 42.7 Å². The molecule has 13 heteroatoms. The quantitative estimate of drug-likeness (QED) is 0.0893. The van der Waals surface area contributed by atoms with Crippen LogP contribution in [0.15, 0.2) is 42.0 Å². The molecule has 2 unspecified atom stereocenters. The molecule has 2 atom stereocenters. The number of aromatic hydroxyl groups is 1. The minimum atomic E-state index is -1.63. The van der Waals surface area contributed by atoms with Crippen LogP contribution in [0.3, 0.4) is 0 Å². The van der Waals surface area contributed by atoms with E-state index in [0.29, 0.717) is 25.9 Å². The number of H-pyrrole nitrogens is 1. The summed E-state index contributed by atoms with van der Waals surface area (Å²) in [6.45, 7) is 2.71. The summed E-state index contributed by atoms with van der Waals surface area (Å²) in [5.74, 6) is -4.52. The maximum atomic E-state index is 13.2. The molecule has 1 aliphatic heterocycles. The van der Waals surface area contributed by atoms with Crippen LogP contribution in [-0.2, 0) is 9.59 Å². The van der Waals surface area contributed by atoms with Crippen LogP contribution in [0.5, 0.6) is 5.75 Å². The fraction of sp³-hybridized carbons (Fsp3) is 0.346. The second-order valence-electron chi connectivity index (χ2n) is 9.25. The number of Topliss-reactive ketones (excluding diaryl/α,β-unsaturated/α-hetero) is 1. The van der Waals surface area contributed by atoms with Gasteiger partial charge in [0, 0.05) is 19.5 Å². The van der Waals surface area contributed by atoms with Gasteiger partial charge in [-0.25, -0.2) is 9.59 Å². The molecule has 1 aromatic heterocycles. The molecule has 1 amide bonds. The number of anilines is 1. The molecule has 2 aromatic rings. The van der Waals surface area contributed by atoms with Gasteiger partial charge < -0.3 is 36.7 Å². The molecule has 9 N–H and O–H groups in total. The molecule has 208 valence electrons. The Morgan fingerprint density at radius 3 is 2.46 bits per heavy atom. The smallest absolute Gasteiger partial charge is 0.339 e. The summed E-state index contributed by atoms with van der Waals surface area (Å²) in [6.07, 6.45) is 3.25. The maximum Gasteiger partial charge on any atom is 0.339 e. The minimum Gasteiger partial charge on any atom is -0.507 e. The highest BCUT2D eigenvalue weighted by molar-refractivity contribution is 6.02. The maximum absolute atomic E-state index is 13.2. The number of carbonyl (C=O) groups excluding carboxylic acids is 2. The molecule has 0 saturated heterocycles. The van der Waals surface area contributed by atoms with Crippen molar-refractivity contribution in [2.75, 3.05) is 18.0 Å². The molecule has 0 aliphatic carbocycles. The van der Waals surface area contributed by atoms with Gasteiger partial charge in [0.1, 0.15) is 17.1 Å². The van der Waals surface area contributed by atoms with Crippen molar-refractivity contribution in [3.05, 3.63) is 58.8 Å². The minimum absolute atomic E-state index is 0.0160. The van der Waals surface area contributed by atoms with Crippen LogP contribution in [0, 0.1) is 5.41 Å². The van der Waals surface area contributed by atoms with E-state index in [9.17, 15) is 34.5 Å². The molecule has 39 heavy (non-hydrogen) atoms. The SMILES string of the molecule is CCCCC(=O)N(c1ccc(C(=O)C(N)CC2=CCN(C(=N)N)C2)[nH]1)C(C(=O)O)c1ccc(C(=O)O)c(O)c1. The van der Waals surface area contributed by atoms with Gasteiger partial charge in [0.2, 0.25) is 5.91 Å². The molecule has 2 heterocycles. The first-order valence-corrected chi connectivity index (χ1v) is 12.3. The van der Waals surface area contributed by atoms with E-state index in [-0.39, 0.29) is 35.9 Å². The lowest BCUT2D eigenvalue weighted by atomic mass is 10.0.